The summed E-state index contributed by atoms with van der Waals surface area (Å²) in [4.78, 5) is 31.3. The maximum atomic E-state index is 12.7. The molecule has 2 aromatic carbocycles. The summed E-state index contributed by atoms with van der Waals surface area (Å²) in [6.07, 6.45) is 4.15. The molecular weight excluding hydrogens is 494 g/mol. The zero-order valence-electron chi connectivity index (χ0n) is 22.1. The zero-order valence-corrected chi connectivity index (χ0v) is 22.1. The molecule has 1 N–H and O–H groups in total. The number of rotatable bonds is 10. The van der Waals surface area contributed by atoms with Crippen LogP contribution in [0.3, 0.4) is 0 Å². The fourth-order valence-electron chi connectivity index (χ4n) is 5.09. The van der Waals surface area contributed by atoms with Crippen LogP contribution in [0, 0.1) is 0 Å². The van der Waals surface area contributed by atoms with Gasteiger partial charge in [0, 0.05) is 42.3 Å². The van der Waals surface area contributed by atoms with E-state index in [-0.39, 0.29) is 17.7 Å². The van der Waals surface area contributed by atoms with Crippen molar-refractivity contribution in [2.24, 2.45) is 0 Å². The molecule has 8 nitrogen and oxygen atoms in total. The molecule has 8 heteroatoms. The van der Waals surface area contributed by atoms with Crippen molar-refractivity contribution in [3.63, 3.8) is 0 Å². The van der Waals surface area contributed by atoms with Crippen LogP contribution in [0.2, 0.25) is 0 Å². The Bertz CT molecular complexity index is 1440. The number of amides is 1. The number of fused-ring (bicyclic) bond motifs is 1. The molecule has 39 heavy (non-hydrogen) atoms. The Morgan fingerprint density at radius 3 is 2.54 bits per heavy atom. The van der Waals surface area contributed by atoms with E-state index in [1.807, 2.05) is 65.6 Å². The number of hydrogen-bond acceptors (Lipinski definition) is 5. The number of piperidine rings is 1. The molecule has 3 heterocycles. The molecule has 1 amide bonds. The average molecular weight is 528 g/mol. The van der Waals surface area contributed by atoms with Crippen LogP contribution < -0.4 is 4.74 Å². The molecule has 1 aliphatic rings. The maximum Gasteiger partial charge on any atom is 0.352 e. The van der Waals surface area contributed by atoms with Crippen molar-refractivity contribution in [1.82, 2.24) is 14.5 Å². The van der Waals surface area contributed by atoms with E-state index in [1.54, 1.807) is 16.8 Å². The number of carboxylic acids is 1. The minimum absolute atomic E-state index is 0.0306. The largest absolute Gasteiger partial charge is 0.494 e. The number of benzene rings is 2. The molecular formula is C31H33N3O5. The molecule has 1 aliphatic heterocycles. The fourth-order valence-corrected chi connectivity index (χ4v) is 5.09. The van der Waals surface area contributed by atoms with Gasteiger partial charge in [-0.2, -0.15) is 0 Å². The number of carbonyl (C=O) groups excluding carboxylic acids is 1. The Hall–Kier alpha value is -4.17. The first kappa shape index (κ1) is 26.4. The van der Waals surface area contributed by atoms with Crippen LogP contribution in [0.4, 0.5) is 0 Å². The number of pyridine rings is 1. The second-order valence-electron chi connectivity index (χ2n) is 9.68. The number of ether oxygens (including phenoxy) is 2. The first-order valence-corrected chi connectivity index (χ1v) is 13.5. The number of hydrogen-bond donors (Lipinski definition) is 1. The van der Waals surface area contributed by atoms with Crippen LogP contribution in [-0.4, -0.2) is 63.8 Å². The summed E-state index contributed by atoms with van der Waals surface area (Å²) >= 11 is 0. The minimum atomic E-state index is -0.995. The van der Waals surface area contributed by atoms with Gasteiger partial charge in [-0.1, -0.05) is 37.3 Å². The second kappa shape index (κ2) is 12.1. The molecule has 0 spiro atoms. The first-order valence-electron chi connectivity index (χ1n) is 13.5. The summed E-state index contributed by atoms with van der Waals surface area (Å²) in [6.45, 7) is 4.74. The minimum Gasteiger partial charge on any atom is -0.494 e. The van der Waals surface area contributed by atoms with Crippen LogP contribution in [0.1, 0.15) is 47.0 Å². The molecule has 0 radical (unpaired) electrons. The van der Waals surface area contributed by atoms with Gasteiger partial charge in [0.05, 0.1) is 30.5 Å². The molecule has 0 bridgehead atoms. The number of carboxylic acid groups (broad SMARTS) is 1. The Morgan fingerprint density at radius 1 is 1.00 bits per heavy atom. The Morgan fingerprint density at radius 2 is 1.79 bits per heavy atom. The van der Waals surface area contributed by atoms with Crippen molar-refractivity contribution in [2.75, 3.05) is 26.3 Å². The van der Waals surface area contributed by atoms with E-state index in [9.17, 15) is 14.7 Å². The smallest absolute Gasteiger partial charge is 0.352 e. The Labute approximate surface area is 227 Å². The highest BCUT2D eigenvalue weighted by Crippen LogP contribution is 2.31. The van der Waals surface area contributed by atoms with Crippen LogP contribution >= 0.6 is 0 Å². The quantitative estimate of drug-likeness (QED) is 0.292. The lowest BCUT2D eigenvalue weighted by molar-refractivity contribution is 0.00568. The molecule has 0 unspecified atom stereocenters. The second-order valence-corrected chi connectivity index (χ2v) is 9.68. The van der Waals surface area contributed by atoms with E-state index in [4.69, 9.17) is 9.47 Å². The monoisotopic (exact) mass is 527 g/mol. The first-order chi connectivity index (χ1) is 19.0. The van der Waals surface area contributed by atoms with Crippen molar-refractivity contribution in [2.45, 2.75) is 38.8 Å². The topological polar surface area (TPSA) is 93.9 Å². The zero-order chi connectivity index (χ0) is 27.2. The third kappa shape index (κ3) is 5.96. The van der Waals surface area contributed by atoms with Crippen LogP contribution in [0.25, 0.3) is 22.2 Å². The van der Waals surface area contributed by atoms with E-state index in [2.05, 4.69) is 11.9 Å². The van der Waals surface area contributed by atoms with Crippen LogP contribution in [-0.2, 0) is 11.3 Å². The van der Waals surface area contributed by atoms with Gasteiger partial charge in [0.25, 0.3) is 5.91 Å². The predicted molar refractivity (Wildman–Crippen MR) is 149 cm³/mol. The molecule has 2 aromatic heterocycles. The molecule has 1 fully saturated rings. The van der Waals surface area contributed by atoms with Gasteiger partial charge in [-0.3, -0.25) is 9.78 Å². The van der Waals surface area contributed by atoms with Crippen molar-refractivity contribution < 1.29 is 24.2 Å². The van der Waals surface area contributed by atoms with Crippen molar-refractivity contribution >= 4 is 22.8 Å². The molecule has 202 valence electrons. The molecule has 0 aliphatic carbocycles. The van der Waals surface area contributed by atoms with Gasteiger partial charge in [0.1, 0.15) is 11.4 Å². The van der Waals surface area contributed by atoms with E-state index >= 15 is 0 Å². The summed E-state index contributed by atoms with van der Waals surface area (Å²) in [6, 6.07) is 20.6. The summed E-state index contributed by atoms with van der Waals surface area (Å²) in [7, 11) is 0. The predicted octanol–water partition coefficient (Wildman–Crippen LogP) is 5.51. The van der Waals surface area contributed by atoms with Gasteiger partial charge < -0.3 is 24.0 Å². The van der Waals surface area contributed by atoms with Crippen LogP contribution in [0.15, 0.2) is 72.9 Å². The lowest BCUT2D eigenvalue weighted by Gasteiger charge is -2.32. The highest BCUT2D eigenvalue weighted by molar-refractivity contribution is 6.00. The summed E-state index contributed by atoms with van der Waals surface area (Å²) in [5, 5.41) is 10.7. The number of likely N-dealkylation sites (tertiary alicyclic amines) is 1. The van der Waals surface area contributed by atoms with E-state index in [0.29, 0.717) is 44.1 Å². The number of nitrogens with zero attached hydrogens (tertiary/aromatic N) is 3. The third-order valence-corrected chi connectivity index (χ3v) is 7.05. The Kier molecular flexibility index (Phi) is 8.22. The van der Waals surface area contributed by atoms with Gasteiger partial charge in [-0.15, -0.1) is 0 Å². The normalized spacial score (nSPS) is 14.0. The van der Waals surface area contributed by atoms with Crippen LogP contribution in [0.5, 0.6) is 5.75 Å². The van der Waals surface area contributed by atoms with E-state index in [0.717, 1.165) is 41.5 Å². The number of carbonyl (C=O) groups is 2. The third-order valence-electron chi connectivity index (χ3n) is 7.05. The van der Waals surface area contributed by atoms with Gasteiger partial charge in [-0.25, -0.2) is 4.79 Å². The van der Waals surface area contributed by atoms with Gasteiger partial charge in [0.2, 0.25) is 0 Å². The fraction of sp³-hybridized carbons (Fsp3) is 0.323. The molecule has 0 saturated carbocycles. The summed E-state index contributed by atoms with van der Waals surface area (Å²) in [5.41, 5.74) is 3.28. The van der Waals surface area contributed by atoms with Crippen molar-refractivity contribution in [1.29, 1.82) is 0 Å². The van der Waals surface area contributed by atoms with E-state index in [1.165, 1.54) is 0 Å². The van der Waals surface area contributed by atoms with Crippen molar-refractivity contribution in [3.05, 3.63) is 84.2 Å². The van der Waals surface area contributed by atoms with Gasteiger partial charge in [0.15, 0.2) is 0 Å². The number of aromatic nitrogens is 2. The average Bonchev–Trinajstić information content (AvgIpc) is 3.36. The Balaban J connectivity index is 1.27. The summed E-state index contributed by atoms with van der Waals surface area (Å²) in [5.74, 6) is -0.188. The standard InChI is InChI=1S/C31H33N3O5/c1-2-18-38-25-10-6-9-23(20-25)29-26-21-28(31(36)37)34(27(26)11-14-32-29)17-19-39-24-12-15-33(16-13-24)30(35)22-7-4-3-5-8-22/h3-11,14,20-21,24H,2,12-13,15-19H2,1H3,(H,36,37). The molecule has 0 atom stereocenters. The highest BCUT2D eigenvalue weighted by atomic mass is 16.5. The lowest BCUT2D eigenvalue weighted by atomic mass is 10.1. The summed E-state index contributed by atoms with van der Waals surface area (Å²) < 4.78 is 13.7. The number of aromatic carboxylic acids is 1. The van der Waals surface area contributed by atoms with Gasteiger partial charge in [-0.05, 0) is 55.7 Å². The molecule has 5 rings (SSSR count). The van der Waals surface area contributed by atoms with E-state index < -0.39 is 5.97 Å². The van der Waals surface area contributed by atoms with Gasteiger partial charge >= 0.3 is 5.97 Å². The highest BCUT2D eigenvalue weighted by Gasteiger charge is 2.24. The maximum absolute atomic E-state index is 12.7. The lowest BCUT2D eigenvalue weighted by Crippen LogP contribution is -2.41. The SMILES string of the molecule is CCCOc1cccc(-c2nccc3c2cc(C(=O)O)n3CCOC2CCN(C(=O)c3ccccc3)CC2)c1. The van der Waals surface area contributed by atoms with Crippen molar-refractivity contribution in [3.8, 4) is 17.0 Å². The molecule has 1 saturated heterocycles. The molecule has 4 aromatic rings.